The van der Waals surface area contributed by atoms with Crippen LogP contribution in [-0.2, 0) is 11.3 Å². The molecule has 4 heteroatoms. The SMILES string of the molecule is O=C1CC(c2ccc(O)cc2)c2c(ccc3ccccc23)N1Cc1ccccc1F. The van der Waals surface area contributed by atoms with Crippen molar-refractivity contribution in [3.8, 4) is 5.75 Å². The first-order valence-electron chi connectivity index (χ1n) is 9.96. The second kappa shape index (κ2) is 7.30. The third-order valence-corrected chi connectivity index (χ3v) is 5.85. The normalized spacial score (nSPS) is 16.0. The lowest BCUT2D eigenvalue weighted by Gasteiger charge is -2.35. The van der Waals surface area contributed by atoms with Crippen molar-refractivity contribution in [1.82, 2.24) is 0 Å². The summed E-state index contributed by atoms with van der Waals surface area (Å²) in [6, 6.07) is 25.7. The number of amides is 1. The Morgan fingerprint density at radius 2 is 1.63 bits per heavy atom. The van der Waals surface area contributed by atoms with Crippen LogP contribution in [0.4, 0.5) is 10.1 Å². The minimum Gasteiger partial charge on any atom is -0.508 e. The van der Waals surface area contributed by atoms with E-state index in [4.69, 9.17) is 0 Å². The number of rotatable bonds is 3. The second-order valence-electron chi connectivity index (χ2n) is 7.64. The first kappa shape index (κ1) is 18.4. The number of phenolic OH excluding ortho intramolecular Hbond substituents is 1. The van der Waals surface area contributed by atoms with Crippen LogP contribution in [0.3, 0.4) is 0 Å². The number of fused-ring (bicyclic) bond motifs is 3. The average Bonchev–Trinajstić information content (AvgIpc) is 2.77. The smallest absolute Gasteiger partial charge is 0.228 e. The van der Waals surface area contributed by atoms with E-state index >= 15 is 0 Å². The highest BCUT2D eigenvalue weighted by Crippen LogP contribution is 2.44. The molecule has 30 heavy (non-hydrogen) atoms. The predicted octanol–water partition coefficient (Wildman–Crippen LogP) is 5.75. The molecule has 1 unspecified atom stereocenters. The number of nitrogens with zero attached hydrogens (tertiary/aromatic N) is 1. The van der Waals surface area contributed by atoms with Gasteiger partial charge in [0, 0.05) is 23.6 Å². The van der Waals surface area contributed by atoms with Crippen molar-refractivity contribution in [3.63, 3.8) is 0 Å². The minimum absolute atomic E-state index is 0.0425. The number of benzene rings is 4. The molecule has 1 atom stereocenters. The third-order valence-electron chi connectivity index (χ3n) is 5.85. The van der Waals surface area contributed by atoms with Crippen LogP contribution in [0.1, 0.15) is 29.0 Å². The standard InChI is InChI=1S/C26H20FNO2/c27-23-8-4-2-6-19(23)16-28-24-14-11-17-5-1-3-7-21(17)26(24)22(15-25(28)30)18-9-12-20(29)13-10-18/h1-14,22,29H,15-16H2. The van der Waals surface area contributed by atoms with Gasteiger partial charge in [-0.05, 0) is 46.2 Å². The Morgan fingerprint density at radius 3 is 2.43 bits per heavy atom. The summed E-state index contributed by atoms with van der Waals surface area (Å²) >= 11 is 0. The topological polar surface area (TPSA) is 40.5 Å². The quantitative estimate of drug-likeness (QED) is 0.478. The summed E-state index contributed by atoms with van der Waals surface area (Å²) in [5, 5.41) is 11.9. The molecule has 1 aliphatic heterocycles. The first-order valence-corrected chi connectivity index (χ1v) is 9.96. The highest BCUT2D eigenvalue weighted by molar-refractivity contribution is 6.03. The fourth-order valence-electron chi connectivity index (χ4n) is 4.37. The molecule has 0 radical (unpaired) electrons. The highest BCUT2D eigenvalue weighted by atomic mass is 19.1. The fourth-order valence-corrected chi connectivity index (χ4v) is 4.37. The van der Waals surface area contributed by atoms with Crippen LogP contribution in [0.2, 0.25) is 0 Å². The van der Waals surface area contributed by atoms with Crippen molar-refractivity contribution in [2.75, 3.05) is 4.90 Å². The van der Waals surface area contributed by atoms with Crippen molar-refractivity contribution in [3.05, 3.63) is 107 Å². The molecule has 0 saturated heterocycles. The van der Waals surface area contributed by atoms with Gasteiger partial charge < -0.3 is 10.0 Å². The molecule has 1 N–H and O–H groups in total. The van der Waals surface area contributed by atoms with E-state index in [0.29, 0.717) is 12.0 Å². The molecule has 148 valence electrons. The molecular weight excluding hydrogens is 377 g/mol. The molecule has 0 spiro atoms. The number of carbonyl (C=O) groups is 1. The molecule has 1 aliphatic rings. The van der Waals surface area contributed by atoms with E-state index in [1.807, 2.05) is 36.4 Å². The van der Waals surface area contributed by atoms with Gasteiger partial charge in [-0.2, -0.15) is 0 Å². The Hall–Kier alpha value is -3.66. The van der Waals surface area contributed by atoms with Gasteiger partial charge in [0.05, 0.1) is 6.54 Å². The van der Waals surface area contributed by atoms with E-state index in [1.165, 1.54) is 6.07 Å². The summed E-state index contributed by atoms with van der Waals surface area (Å²) in [6.45, 7) is 0.194. The summed E-state index contributed by atoms with van der Waals surface area (Å²) in [5.41, 5.74) is 3.35. The number of halogens is 1. The summed E-state index contributed by atoms with van der Waals surface area (Å²) in [6.07, 6.45) is 0.292. The fraction of sp³-hybridized carbons (Fsp3) is 0.115. The summed E-state index contributed by atoms with van der Waals surface area (Å²) in [7, 11) is 0. The van der Waals surface area contributed by atoms with E-state index < -0.39 is 0 Å². The van der Waals surface area contributed by atoms with Gasteiger partial charge in [-0.25, -0.2) is 4.39 Å². The highest BCUT2D eigenvalue weighted by Gasteiger charge is 2.34. The zero-order valence-corrected chi connectivity index (χ0v) is 16.3. The molecule has 4 aromatic rings. The van der Waals surface area contributed by atoms with Gasteiger partial charge in [-0.1, -0.05) is 60.7 Å². The number of hydrogen-bond acceptors (Lipinski definition) is 2. The van der Waals surface area contributed by atoms with Gasteiger partial charge >= 0.3 is 0 Å². The maximum atomic E-state index is 14.3. The Kier molecular flexibility index (Phi) is 4.47. The monoisotopic (exact) mass is 397 g/mol. The second-order valence-corrected chi connectivity index (χ2v) is 7.64. The molecule has 0 fully saturated rings. The molecule has 1 amide bonds. The molecule has 0 aromatic heterocycles. The van der Waals surface area contributed by atoms with E-state index in [0.717, 1.165) is 27.6 Å². The van der Waals surface area contributed by atoms with Crippen molar-refractivity contribution in [2.24, 2.45) is 0 Å². The Morgan fingerprint density at radius 1 is 0.900 bits per heavy atom. The zero-order chi connectivity index (χ0) is 20.7. The van der Waals surface area contributed by atoms with E-state index in [-0.39, 0.29) is 29.9 Å². The Bertz CT molecular complexity index is 1250. The number of aromatic hydroxyl groups is 1. The summed E-state index contributed by atoms with van der Waals surface area (Å²) in [4.78, 5) is 14.9. The Labute approximate surface area is 174 Å². The van der Waals surface area contributed by atoms with Crippen LogP contribution in [0.25, 0.3) is 10.8 Å². The molecular formula is C26H20FNO2. The van der Waals surface area contributed by atoms with Gasteiger partial charge in [0.25, 0.3) is 0 Å². The summed E-state index contributed by atoms with van der Waals surface area (Å²) in [5.74, 6) is -0.288. The maximum Gasteiger partial charge on any atom is 0.228 e. The van der Waals surface area contributed by atoms with Crippen LogP contribution in [-0.4, -0.2) is 11.0 Å². The molecule has 0 aliphatic carbocycles. The van der Waals surface area contributed by atoms with Gasteiger partial charge in [0.15, 0.2) is 0 Å². The van der Waals surface area contributed by atoms with Crippen molar-refractivity contribution in [1.29, 1.82) is 0 Å². The lowest BCUT2D eigenvalue weighted by Crippen LogP contribution is -2.36. The van der Waals surface area contributed by atoms with Gasteiger partial charge in [0.1, 0.15) is 11.6 Å². The van der Waals surface area contributed by atoms with Gasteiger partial charge in [-0.3, -0.25) is 4.79 Å². The van der Waals surface area contributed by atoms with E-state index in [1.54, 1.807) is 35.2 Å². The van der Waals surface area contributed by atoms with Gasteiger partial charge in [-0.15, -0.1) is 0 Å². The first-order chi connectivity index (χ1) is 14.6. The third kappa shape index (κ3) is 3.11. The van der Waals surface area contributed by atoms with Crippen LogP contribution in [0.5, 0.6) is 5.75 Å². The minimum atomic E-state index is -0.312. The molecule has 0 saturated carbocycles. The number of carbonyl (C=O) groups excluding carboxylic acids is 1. The number of phenols is 1. The molecule has 3 nitrogen and oxygen atoms in total. The molecule has 0 bridgehead atoms. The van der Waals surface area contributed by atoms with Crippen LogP contribution < -0.4 is 4.90 Å². The van der Waals surface area contributed by atoms with E-state index in [2.05, 4.69) is 12.1 Å². The van der Waals surface area contributed by atoms with Crippen molar-refractivity contribution < 1.29 is 14.3 Å². The number of anilines is 1. The molecule has 1 heterocycles. The average molecular weight is 397 g/mol. The lowest BCUT2D eigenvalue weighted by molar-refractivity contribution is -0.119. The molecule has 4 aromatic carbocycles. The maximum absolute atomic E-state index is 14.3. The Balaban J connectivity index is 1.69. The van der Waals surface area contributed by atoms with Crippen LogP contribution in [0, 0.1) is 5.82 Å². The zero-order valence-electron chi connectivity index (χ0n) is 16.3. The van der Waals surface area contributed by atoms with Crippen molar-refractivity contribution in [2.45, 2.75) is 18.9 Å². The lowest BCUT2D eigenvalue weighted by atomic mass is 9.81. The largest absolute Gasteiger partial charge is 0.508 e. The van der Waals surface area contributed by atoms with E-state index in [9.17, 15) is 14.3 Å². The summed E-state index contributed by atoms with van der Waals surface area (Å²) < 4.78 is 14.3. The van der Waals surface area contributed by atoms with Crippen LogP contribution >= 0.6 is 0 Å². The number of hydrogen-bond donors (Lipinski definition) is 1. The van der Waals surface area contributed by atoms with Crippen molar-refractivity contribution >= 4 is 22.4 Å². The predicted molar refractivity (Wildman–Crippen MR) is 116 cm³/mol. The van der Waals surface area contributed by atoms with Crippen LogP contribution in [0.15, 0.2) is 84.9 Å². The van der Waals surface area contributed by atoms with Gasteiger partial charge in [0.2, 0.25) is 5.91 Å². The molecule has 5 rings (SSSR count).